The van der Waals surface area contributed by atoms with Crippen molar-refractivity contribution < 1.29 is 46.9 Å². The second-order valence-electron chi connectivity index (χ2n) is 10.5. The number of aliphatic hydroxyl groups is 1. The van der Waals surface area contributed by atoms with Crippen LogP contribution in [0.1, 0.15) is 56.5 Å². The summed E-state index contributed by atoms with van der Waals surface area (Å²) in [5.74, 6) is -4.14. The van der Waals surface area contributed by atoms with E-state index in [0.717, 1.165) is 0 Å². The van der Waals surface area contributed by atoms with Gasteiger partial charge in [0.2, 0.25) is 5.91 Å². The van der Waals surface area contributed by atoms with Gasteiger partial charge in [0, 0.05) is 0 Å². The van der Waals surface area contributed by atoms with Gasteiger partial charge >= 0.3 is 18.1 Å². The maximum Gasteiger partial charge on any atom is 0.416 e. The summed E-state index contributed by atoms with van der Waals surface area (Å²) < 4.78 is 49.6. The third kappa shape index (κ3) is 7.14. The van der Waals surface area contributed by atoms with Gasteiger partial charge in [-0.1, -0.05) is 26.0 Å². The van der Waals surface area contributed by atoms with Crippen molar-refractivity contribution in [2.45, 2.75) is 77.0 Å². The molecule has 218 valence electrons. The van der Waals surface area contributed by atoms with E-state index in [1.807, 2.05) is 0 Å². The van der Waals surface area contributed by atoms with Crippen molar-refractivity contribution in [2.24, 2.45) is 17.1 Å². The Balaban J connectivity index is 2.19. The quantitative estimate of drug-likeness (QED) is 0.234. The van der Waals surface area contributed by atoms with E-state index in [-0.39, 0.29) is 19.6 Å². The van der Waals surface area contributed by atoms with Gasteiger partial charge in [-0.2, -0.15) is 13.2 Å². The molecule has 0 aromatic heterocycles. The number of hydrogen-bond acceptors (Lipinski definition) is 9. The molecular weight excluding hydrogens is 523 g/mol. The number of benzene rings is 1. The fraction of sp³-hybridized carbons (Fsp3) is 0.615. The number of nitrogens with one attached hydrogen (secondary N) is 2. The van der Waals surface area contributed by atoms with Crippen molar-refractivity contribution in [3.8, 4) is 0 Å². The summed E-state index contributed by atoms with van der Waals surface area (Å²) in [7, 11) is 1.24. The number of hydrogen-bond donors (Lipinski definition) is 4. The number of carbonyl (C=O) groups is 4. The lowest BCUT2D eigenvalue weighted by Gasteiger charge is -2.37. The molecule has 13 heteroatoms. The Hall–Kier alpha value is -3.03. The van der Waals surface area contributed by atoms with Crippen molar-refractivity contribution in [2.75, 3.05) is 13.7 Å². The average Bonchev–Trinajstić information content (AvgIpc) is 3.39. The number of Topliss-reactive ketones (excluding diaryl/α,β-unsaturated/α-hetero) is 1. The number of aliphatic hydroxyl groups excluding tert-OH is 1. The highest BCUT2D eigenvalue weighted by Crippen LogP contribution is 2.31. The molecular formula is C26H36F3N3O7. The van der Waals surface area contributed by atoms with Crippen LogP contribution in [0.2, 0.25) is 0 Å². The first-order valence-corrected chi connectivity index (χ1v) is 12.4. The van der Waals surface area contributed by atoms with Crippen molar-refractivity contribution in [1.29, 1.82) is 0 Å². The van der Waals surface area contributed by atoms with E-state index in [1.165, 1.54) is 46.9 Å². The van der Waals surface area contributed by atoms with Crippen LogP contribution in [0.3, 0.4) is 0 Å². The van der Waals surface area contributed by atoms with Gasteiger partial charge in [-0.25, -0.2) is 4.79 Å². The van der Waals surface area contributed by atoms with Crippen LogP contribution in [0, 0.1) is 11.3 Å². The number of rotatable bonds is 11. The lowest BCUT2D eigenvalue weighted by atomic mass is 9.75. The Labute approximate surface area is 224 Å². The predicted octanol–water partition coefficient (Wildman–Crippen LogP) is 1.63. The molecule has 1 saturated heterocycles. The number of esters is 2. The number of halogens is 3. The van der Waals surface area contributed by atoms with Gasteiger partial charge in [0.25, 0.3) is 0 Å². The molecule has 1 aliphatic heterocycles. The van der Waals surface area contributed by atoms with Crippen LogP contribution in [0.4, 0.5) is 13.2 Å². The maximum atomic E-state index is 13.6. The lowest BCUT2D eigenvalue weighted by Crippen LogP contribution is -2.68. The van der Waals surface area contributed by atoms with E-state index in [9.17, 15) is 37.5 Å². The average molecular weight is 560 g/mol. The minimum atomic E-state index is -5.00. The number of nitrogens with two attached hydrogens (primary N) is 1. The Morgan fingerprint density at radius 1 is 1.15 bits per heavy atom. The van der Waals surface area contributed by atoms with Gasteiger partial charge in [-0.15, -0.1) is 0 Å². The normalized spacial score (nSPS) is 20.2. The van der Waals surface area contributed by atoms with E-state index >= 15 is 0 Å². The number of ketones is 1. The van der Waals surface area contributed by atoms with Gasteiger partial charge in [0.1, 0.15) is 6.61 Å². The van der Waals surface area contributed by atoms with Crippen molar-refractivity contribution in [1.82, 2.24) is 10.6 Å². The standard InChI is InChI=1S/C26H36F3N3O7/c1-14(2)17(19(33)26(27,28)29)32-22(36)25(11-6-12-31-25)20(34)18(30)24(3,4)23(37)39-13-15-7-9-16(10-8-15)21(35)38-5/h7-10,14,17-19,31,33H,6,11-13,30H2,1-5H3,(H,32,36)/t17?,18-,19?,25+/m1/s1. The summed E-state index contributed by atoms with van der Waals surface area (Å²) in [4.78, 5) is 51.4. The molecule has 1 heterocycles. The van der Waals surface area contributed by atoms with Gasteiger partial charge < -0.3 is 25.6 Å². The van der Waals surface area contributed by atoms with E-state index in [1.54, 1.807) is 12.1 Å². The minimum absolute atomic E-state index is 0.0596. The van der Waals surface area contributed by atoms with Crippen molar-refractivity contribution >= 4 is 23.6 Å². The first-order valence-electron chi connectivity index (χ1n) is 12.4. The van der Waals surface area contributed by atoms with Crippen molar-refractivity contribution in [3.05, 3.63) is 35.4 Å². The van der Waals surface area contributed by atoms with Gasteiger partial charge in [-0.05, 0) is 56.8 Å². The molecule has 0 radical (unpaired) electrons. The third-order valence-corrected chi connectivity index (χ3v) is 6.99. The minimum Gasteiger partial charge on any atom is -0.465 e. The summed E-state index contributed by atoms with van der Waals surface area (Å²) in [5, 5.41) is 14.8. The van der Waals surface area contributed by atoms with Crippen LogP contribution in [0.5, 0.6) is 0 Å². The Kier molecular flexibility index (Phi) is 10.3. The molecule has 2 rings (SSSR count). The summed E-state index contributed by atoms with van der Waals surface area (Å²) in [5.41, 5.74) is 3.44. The van der Waals surface area contributed by atoms with E-state index in [4.69, 9.17) is 10.5 Å². The Bertz CT molecular complexity index is 1050. The lowest BCUT2D eigenvalue weighted by molar-refractivity contribution is -0.215. The van der Waals surface area contributed by atoms with Crippen LogP contribution in [-0.2, 0) is 30.5 Å². The molecule has 10 nitrogen and oxygen atoms in total. The number of amides is 1. The molecule has 1 aromatic carbocycles. The van der Waals surface area contributed by atoms with Crippen LogP contribution in [0.15, 0.2) is 24.3 Å². The maximum absolute atomic E-state index is 13.6. The topological polar surface area (TPSA) is 157 Å². The van der Waals surface area contributed by atoms with Crippen LogP contribution >= 0.6 is 0 Å². The monoisotopic (exact) mass is 559 g/mol. The second kappa shape index (κ2) is 12.4. The first kappa shape index (κ1) is 32.2. The smallest absolute Gasteiger partial charge is 0.416 e. The number of alkyl halides is 3. The molecule has 0 saturated carbocycles. The van der Waals surface area contributed by atoms with Gasteiger partial charge in [-0.3, -0.25) is 19.7 Å². The highest BCUT2D eigenvalue weighted by molar-refractivity contribution is 6.14. The second-order valence-corrected chi connectivity index (χ2v) is 10.5. The number of ether oxygens (including phenoxy) is 2. The first-order chi connectivity index (χ1) is 18.0. The van der Waals surface area contributed by atoms with E-state index in [0.29, 0.717) is 17.5 Å². The van der Waals surface area contributed by atoms with E-state index < -0.39 is 64.9 Å². The molecule has 1 fully saturated rings. The molecule has 2 unspecified atom stereocenters. The van der Waals surface area contributed by atoms with Gasteiger partial charge in [0.15, 0.2) is 17.4 Å². The van der Waals surface area contributed by atoms with Crippen LogP contribution < -0.4 is 16.4 Å². The summed E-state index contributed by atoms with van der Waals surface area (Å²) >= 11 is 0. The molecule has 1 amide bonds. The van der Waals surface area contributed by atoms with Crippen LogP contribution in [0.25, 0.3) is 0 Å². The zero-order valence-corrected chi connectivity index (χ0v) is 22.6. The molecule has 0 spiro atoms. The molecule has 39 heavy (non-hydrogen) atoms. The summed E-state index contributed by atoms with van der Waals surface area (Å²) in [6.45, 7) is 5.54. The fourth-order valence-electron chi connectivity index (χ4n) is 4.26. The Morgan fingerprint density at radius 2 is 1.74 bits per heavy atom. The zero-order valence-electron chi connectivity index (χ0n) is 22.6. The predicted molar refractivity (Wildman–Crippen MR) is 133 cm³/mol. The van der Waals surface area contributed by atoms with Gasteiger partial charge in [0.05, 0.1) is 30.2 Å². The summed E-state index contributed by atoms with van der Waals surface area (Å²) in [6.07, 6.45) is -7.55. The molecule has 5 N–H and O–H groups in total. The Morgan fingerprint density at radius 3 is 2.21 bits per heavy atom. The third-order valence-electron chi connectivity index (χ3n) is 6.99. The van der Waals surface area contributed by atoms with Crippen molar-refractivity contribution in [3.63, 3.8) is 0 Å². The molecule has 4 atom stereocenters. The SMILES string of the molecule is COC(=O)c1ccc(COC(=O)C(C)(C)[C@H](N)C(=O)[C@]2(C(=O)NC(C(C)C)C(O)C(F)(F)F)CCCN2)cc1. The summed E-state index contributed by atoms with van der Waals surface area (Å²) in [6, 6.07) is 2.81. The molecule has 0 bridgehead atoms. The number of methoxy groups -OCH3 is 1. The highest BCUT2D eigenvalue weighted by atomic mass is 19.4. The largest absolute Gasteiger partial charge is 0.465 e. The van der Waals surface area contributed by atoms with E-state index in [2.05, 4.69) is 15.4 Å². The fourth-order valence-corrected chi connectivity index (χ4v) is 4.26. The number of carbonyl (C=O) groups excluding carboxylic acids is 4. The molecule has 1 aromatic rings. The highest BCUT2D eigenvalue weighted by Gasteiger charge is 2.55. The van der Waals surface area contributed by atoms with Crippen LogP contribution in [-0.4, -0.2) is 72.3 Å². The zero-order chi connectivity index (χ0) is 29.8. The molecule has 0 aliphatic carbocycles. The molecule has 1 aliphatic rings.